The Morgan fingerprint density at radius 1 is 1.29 bits per heavy atom. The Bertz CT molecular complexity index is 467. The second-order valence-corrected chi connectivity index (χ2v) is 4.75. The zero-order valence-corrected chi connectivity index (χ0v) is 10.4. The lowest BCUT2D eigenvalue weighted by Crippen LogP contribution is -2.36. The molecule has 3 rings (SSSR count). The van der Waals surface area contributed by atoms with Crippen LogP contribution in [-0.2, 0) is 15.3 Å². The zero-order valence-electron chi connectivity index (χ0n) is 8.90. The number of hydrogen-bond acceptors (Lipinski definition) is 4. The molecule has 2 aliphatic heterocycles. The molecule has 6 heteroatoms. The number of rotatable bonds is 3. The van der Waals surface area contributed by atoms with Crippen LogP contribution in [0.5, 0.6) is 0 Å². The third-order valence-corrected chi connectivity index (χ3v) is 3.29. The molecule has 0 aromatic heterocycles. The maximum Gasteiger partial charge on any atom is 0.216 e. The number of ether oxygens (including phenoxy) is 2. The van der Waals surface area contributed by atoms with Gasteiger partial charge in [-0.1, -0.05) is 29.3 Å². The van der Waals surface area contributed by atoms with E-state index in [1.54, 1.807) is 23.5 Å². The molecule has 1 fully saturated rings. The number of hydrogen-bond donors (Lipinski definition) is 0. The van der Waals surface area contributed by atoms with Crippen molar-refractivity contribution >= 4 is 29.5 Å². The van der Waals surface area contributed by atoms with Crippen LogP contribution < -0.4 is 0 Å². The minimum absolute atomic E-state index is 0.508. The largest absolute Gasteiger partial charge is 0.342 e. The summed E-state index contributed by atoms with van der Waals surface area (Å²) >= 11 is 12.1. The molecule has 0 bridgehead atoms. The van der Waals surface area contributed by atoms with E-state index in [1.807, 2.05) is 6.07 Å². The first-order chi connectivity index (χ1) is 8.20. The summed E-state index contributed by atoms with van der Waals surface area (Å²) in [6, 6.07) is 5.30. The lowest BCUT2D eigenvalue weighted by atomic mass is 10.1. The lowest BCUT2D eigenvalue weighted by molar-refractivity contribution is -0.169. The molecular weight excluding hydrogens is 263 g/mol. The van der Waals surface area contributed by atoms with E-state index in [4.69, 9.17) is 32.7 Å². The molecule has 4 nitrogen and oxygen atoms in total. The summed E-state index contributed by atoms with van der Waals surface area (Å²) in [5, 5.41) is 6.86. The SMILES string of the molecule is Clc1ccc(C2(CN3C=N3)OCCO2)c(Cl)c1. The molecule has 17 heavy (non-hydrogen) atoms. The third kappa shape index (κ3) is 2.13. The van der Waals surface area contributed by atoms with E-state index < -0.39 is 5.79 Å². The van der Waals surface area contributed by atoms with Crippen LogP contribution in [0.25, 0.3) is 0 Å². The highest BCUT2D eigenvalue weighted by atomic mass is 35.5. The highest BCUT2D eigenvalue weighted by Gasteiger charge is 2.43. The van der Waals surface area contributed by atoms with Crippen LogP contribution in [0, 0.1) is 0 Å². The molecule has 0 radical (unpaired) electrons. The summed E-state index contributed by atoms with van der Waals surface area (Å²) in [4.78, 5) is 0. The predicted octanol–water partition coefficient (Wildman–Crippen LogP) is 2.45. The van der Waals surface area contributed by atoms with Gasteiger partial charge in [0.1, 0.15) is 12.9 Å². The third-order valence-electron chi connectivity index (χ3n) is 2.74. The van der Waals surface area contributed by atoms with E-state index in [9.17, 15) is 0 Å². The van der Waals surface area contributed by atoms with E-state index in [0.717, 1.165) is 5.56 Å². The Labute approximate surface area is 109 Å². The van der Waals surface area contributed by atoms with Crippen molar-refractivity contribution in [1.29, 1.82) is 0 Å². The van der Waals surface area contributed by atoms with Gasteiger partial charge < -0.3 is 9.47 Å². The molecule has 2 aliphatic rings. The van der Waals surface area contributed by atoms with Crippen LogP contribution in [0.2, 0.25) is 10.0 Å². The van der Waals surface area contributed by atoms with Crippen molar-refractivity contribution in [3.8, 4) is 0 Å². The molecule has 90 valence electrons. The Morgan fingerprint density at radius 3 is 2.59 bits per heavy atom. The first kappa shape index (κ1) is 11.3. The van der Waals surface area contributed by atoms with Gasteiger partial charge in [-0.2, -0.15) is 5.10 Å². The van der Waals surface area contributed by atoms with Crippen LogP contribution in [0.15, 0.2) is 23.3 Å². The Balaban J connectivity index is 1.96. The van der Waals surface area contributed by atoms with Gasteiger partial charge >= 0.3 is 0 Å². The lowest BCUT2D eigenvalue weighted by Gasteiger charge is -2.28. The van der Waals surface area contributed by atoms with Crippen molar-refractivity contribution in [3.05, 3.63) is 33.8 Å². The molecule has 0 saturated carbocycles. The second kappa shape index (κ2) is 4.14. The summed E-state index contributed by atoms with van der Waals surface area (Å²) in [5.41, 5.74) is 0.788. The summed E-state index contributed by atoms with van der Waals surface area (Å²) in [6.07, 6.45) is 1.72. The zero-order chi connectivity index (χ0) is 11.9. The highest BCUT2D eigenvalue weighted by Crippen LogP contribution is 2.38. The van der Waals surface area contributed by atoms with E-state index >= 15 is 0 Å². The Hall–Kier alpha value is -0.810. The molecule has 0 N–H and O–H groups in total. The first-order valence-electron chi connectivity index (χ1n) is 5.24. The molecule has 1 aromatic carbocycles. The molecule has 1 saturated heterocycles. The number of hydrazone groups is 1. The molecular formula is C11H10Cl2N2O2. The Morgan fingerprint density at radius 2 is 2.00 bits per heavy atom. The summed E-state index contributed by atoms with van der Waals surface area (Å²) in [7, 11) is 0. The highest BCUT2D eigenvalue weighted by molar-refractivity contribution is 6.35. The van der Waals surface area contributed by atoms with Crippen molar-refractivity contribution in [3.63, 3.8) is 0 Å². The fourth-order valence-corrected chi connectivity index (χ4v) is 2.47. The van der Waals surface area contributed by atoms with Crippen LogP contribution in [0.1, 0.15) is 5.56 Å². The predicted molar refractivity (Wildman–Crippen MR) is 65.2 cm³/mol. The van der Waals surface area contributed by atoms with E-state index in [0.29, 0.717) is 29.8 Å². The molecule has 1 aromatic rings. The van der Waals surface area contributed by atoms with E-state index in [-0.39, 0.29) is 0 Å². The van der Waals surface area contributed by atoms with Crippen LogP contribution in [0.3, 0.4) is 0 Å². The second-order valence-electron chi connectivity index (χ2n) is 3.90. The van der Waals surface area contributed by atoms with Gasteiger partial charge in [-0.25, -0.2) is 5.01 Å². The van der Waals surface area contributed by atoms with Gasteiger partial charge in [-0.05, 0) is 12.1 Å². The van der Waals surface area contributed by atoms with Gasteiger partial charge in [-0.3, -0.25) is 0 Å². The minimum atomic E-state index is -0.835. The van der Waals surface area contributed by atoms with Gasteiger partial charge in [0.2, 0.25) is 5.79 Å². The molecule has 0 amide bonds. The van der Waals surface area contributed by atoms with E-state index in [2.05, 4.69) is 5.10 Å². The fourth-order valence-electron chi connectivity index (χ4n) is 1.92. The average Bonchev–Trinajstić information content (AvgIpc) is 2.95. The molecule has 0 unspecified atom stereocenters. The normalized spacial score (nSPS) is 20.9. The maximum absolute atomic E-state index is 6.20. The minimum Gasteiger partial charge on any atom is -0.342 e. The fraction of sp³-hybridized carbons (Fsp3) is 0.364. The summed E-state index contributed by atoms with van der Waals surface area (Å²) in [5.74, 6) is -0.835. The van der Waals surface area contributed by atoms with Crippen molar-refractivity contribution in [2.24, 2.45) is 5.10 Å². The maximum atomic E-state index is 6.20. The van der Waals surface area contributed by atoms with Gasteiger partial charge in [0.25, 0.3) is 0 Å². The molecule has 0 atom stereocenters. The van der Waals surface area contributed by atoms with E-state index in [1.165, 1.54) is 0 Å². The van der Waals surface area contributed by atoms with Crippen molar-refractivity contribution in [1.82, 2.24) is 5.01 Å². The summed E-state index contributed by atoms with van der Waals surface area (Å²) in [6.45, 7) is 1.61. The molecule has 0 spiro atoms. The van der Waals surface area contributed by atoms with Crippen molar-refractivity contribution in [2.45, 2.75) is 5.79 Å². The number of nitrogens with zero attached hydrogens (tertiary/aromatic N) is 2. The van der Waals surface area contributed by atoms with Gasteiger partial charge in [0, 0.05) is 10.6 Å². The van der Waals surface area contributed by atoms with Gasteiger partial charge in [0.15, 0.2) is 0 Å². The number of benzene rings is 1. The van der Waals surface area contributed by atoms with Crippen LogP contribution in [0.4, 0.5) is 0 Å². The van der Waals surface area contributed by atoms with Crippen LogP contribution >= 0.6 is 23.2 Å². The van der Waals surface area contributed by atoms with Crippen molar-refractivity contribution in [2.75, 3.05) is 19.8 Å². The molecule has 2 heterocycles. The molecule has 0 aliphatic carbocycles. The monoisotopic (exact) mass is 272 g/mol. The van der Waals surface area contributed by atoms with Gasteiger partial charge in [-0.15, -0.1) is 0 Å². The standard InChI is InChI=1S/C11H10Cl2N2O2/c12-8-1-2-9(10(13)5-8)11(6-15-7-14-15)16-3-4-17-11/h1-2,5,7H,3-4,6H2. The first-order valence-corrected chi connectivity index (χ1v) is 5.99. The van der Waals surface area contributed by atoms with Gasteiger partial charge in [0.05, 0.1) is 18.2 Å². The summed E-state index contributed by atoms with van der Waals surface area (Å²) < 4.78 is 11.5. The average molecular weight is 273 g/mol. The van der Waals surface area contributed by atoms with Crippen LogP contribution in [-0.4, -0.2) is 31.1 Å². The number of halogens is 2. The Kier molecular flexibility index (Phi) is 2.75. The van der Waals surface area contributed by atoms with Crippen molar-refractivity contribution < 1.29 is 9.47 Å². The smallest absolute Gasteiger partial charge is 0.216 e. The quantitative estimate of drug-likeness (QED) is 0.848. The topological polar surface area (TPSA) is 33.8 Å².